The third-order valence-electron chi connectivity index (χ3n) is 3.97. The Bertz CT molecular complexity index is 781. The summed E-state index contributed by atoms with van der Waals surface area (Å²) in [5, 5.41) is 11.4. The maximum atomic E-state index is 13.7. The molecule has 1 N–H and O–H groups in total. The number of amides is 1. The molecule has 0 bridgehead atoms. The van der Waals surface area contributed by atoms with E-state index in [1.54, 1.807) is 40.2 Å². The molecule has 1 aliphatic rings. The van der Waals surface area contributed by atoms with Crippen LogP contribution >= 0.6 is 23.1 Å². The van der Waals surface area contributed by atoms with Crippen LogP contribution in [0.4, 0.5) is 4.39 Å². The van der Waals surface area contributed by atoms with Crippen molar-refractivity contribution in [3.8, 4) is 0 Å². The van der Waals surface area contributed by atoms with Crippen molar-refractivity contribution < 1.29 is 19.1 Å². The second-order valence-electron chi connectivity index (χ2n) is 5.72. The smallest absolute Gasteiger partial charge is 0.305 e. The molecule has 0 spiro atoms. The van der Waals surface area contributed by atoms with Crippen molar-refractivity contribution in [3.63, 3.8) is 0 Å². The van der Waals surface area contributed by atoms with Gasteiger partial charge in [-0.2, -0.15) is 11.8 Å². The Labute approximate surface area is 152 Å². The monoisotopic (exact) mass is 380 g/mol. The number of carboxylic acids is 1. The second kappa shape index (κ2) is 7.97. The normalized spacial score (nSPS) is 17.5. The van der Waals surface area contributed by atoms with Crippen molar-refractivity contribution in [1.82, 2.24) is 9.88 Å². The summed E-state index contributed by atoms with van der Waals surface area (Å²) >= 11 is 2.97. The van der Waals surface area contributed by atoms with Crippen molar-refractivity contribution >= 4 is 35.0 Å². The molecule has 1 saturated heterocycles. The Morgan fingerprint density at radius 3 is 2.92 bits per heavy atom. The van der Waals surface area contributed by atoms with E-state index in [1.807, 2.05) is 0 Å². The largest absolute Gasteiger partial charge is 0.481 e. The van der Waals surface area contributed by atoms with Gasteiger partial charge in [-0.05, 0) is 11.6 Å². The number of hydrogen-bond acceptors (Lipinski definition) is 5. The van der Waals surface area contributed by atoms with E-state index >= 15 is 0 Å². The minimum absolute atomic E-state index is 0.0645. The SMILES string of the molecule is O=C(O)CC1CSCCN1C(=O)c1csc(Cc2ccccc2F)n1. The number of rotatable bonds is 5. The minimum Gasteiger partial charge on any atom is -0.481 e. The Balaban J connectivity index is 1.73. The molecule has 8 heteroatoms. The highest BCUT2D eigenvalue weighted by atomic mass is 32.2. The summed E-state index contributed by atoms with van der Waals surface area (Å²) in [5.41, 5.74) is 0.840. The van der Waals surface area contributed by atoms with Crippen molar-refractivity contribution in [2.45, 2.75) is 18.9 Å². The molecule has 0 saturated carbocycles. The molecule has 5 nitrogen and oxygen atoms in total. The van der Waals surface area contributed by atoms with Gasteiger partial charge in [0.1, 0.15) is 11.5 Å². The van der Waals surface area contributed by atoms with E-state index in [4.69, 9.17) is 5.11 Å². The number of benzene rings is 1. The molecule has 1 fully saturated rings. The molecular formula is C17H17FN2O3S2. The third-order valence-corrected chi connectivity index (χ3v) is 5.91. The number of aromatic nitrogens is 1. The molecule has 132 valence electrons. The Kier molecular flexibility index (Phi) is 5.70. The minimum atomic E-state index is -0.913. The summed E-state index contributed by atoms with van der Waals surface area (Å²) in [7, 11) is 0. The fraction of sp³-hybridized carbons (Fsp3) is 0.353. The molecule has 25 heavy (non-hydrogen) atoms. The van der Waals surface area contributed by atoms with Gasteiger partial charge in [-0.3, -0.25) is 9.59 Å². The Hall–Kier alpha value is -1.93. The quantitative estimate of drug-likeness (QED) is 0.864. The summed E-state index contributed by atoms with van der Waals surface area (Å²) in [4.78, 5) is 29.7. The van der Waals surface area contributed by atoms with Crippen LogP contribution in [0.1, 0.15) is 27.5 Å². The number of carbonyl (C=O) groups is 2. The summed E-state index contributed by atoms with van der Waals surface area (Å²) in [6, 6.07) is 6.17. The first-order valence-corrected chi connectivity index (χ1v) is 9.86. The molecule has 1 aromatic carbocycles. The molecule has 2 aromatic rings. The molecule has 1 atom stereocenters. The number of carboxylic acid groups (broad SMARTS) is 1. The van der Waals surface area contributed by atoms with Crippen molar-refractivity contribution in [2.75, 3.05) is 18.1 Å². The summed E-state index contributed by atoms with van der Waals surface area (Å²) < 4.78 is 13.7. The van der Waals surface area contributed by atoms with Gasteiger partial charge in [-0.1, -0.05) is 18.2 Å². The Morgan fingerprint density at radius 2 is 2.16 bits per heavy atom. The number of hydrogen-bond donors (Lipinski definition) is 1. The van der Waals surface area contributed by atoms with Crippen LogP contribution in [-0.2, 0) is 11.2 Å². The maximum Gasteiger partial charge on any atom is 0.305 e. The van der Waals surface area contributed by atoms with Gasteiger partial charge in [0, 0.05) is 29.9 Å². The average Bonchev–Trinajstić information content (AvgIpc) is 3.05. The molecule has 2 heterocycles. The topological polar surface area (TPSA) is 70.5 Å². The van der Waals surface area contributed by atoms with Crippen LogP contribution < -0.4 is 0 Å². The molecule has 1 aromatic heterocycles. The van der Waals surface area contributed by atoms with Crippen LogP contribution in [0, 0.1) is 5.82 Å². The molecule has 1 unspecified atom stereocenters. The molecule has 3 rings (SSSR count). The van der Waals surface area contributed by atoms with Crippen molar-refractivity contribution in [3.05, 3.63) is 51.7 Å². The van der Waals surface area contributed by atoms with Crippen LogP contribution in [0.5, 0.6) is 0 Å². The third kappa shape index (κ3) is 4.38. The van der Waals surface area contributed by atoms with Gasteiger partial charge in [0.25, 0.3) is 5.91 Å². The van der Waals surface area contributed by atoms with E-state index in [2.05, 4.69) is 4.98 Å². The lowest BCUT2D eigenvalue weighted by Gasteiger charge is -2.34. The van der Waals surface area contributed by atoms with E-state index in [1.165, 1.54) is 17.4 Å². The zero-order chi connectivity index (χ0) is 17.8. The van der Waals surface area contributed by atoms with Crippen molar-refractivity contribution in [2.24, 2.45) is 0 Å². The number of thiazole rings is 1. The van der Waals surface area contributed by atoms with E-state index < -0.39 is 5.97 Å². The van der Waals surface area contributed by atoms with Crippen LogP contribution in [0.15, 0.2) is 29.6 Å². The van der Waals surface area contributed by atoms with Crippen LogP contribution in [-0.4, -0.2) is 51.0 Å². The summed E-state index contributed by atoms with van der Waals surface area (Å²) in [5.74, 6) is -0.0511. The first-order valence-electron chi connectivity index (χ1n) is 7.83. The molecule has 1 aliphatic heterocycles. The zero-order valence-corrected chi connectivity index (χ0v) is 15.0. The lowest BCUT2D eigenvalue weighted by molar-refractivity contribution is -0.138. The summed E-state index contributed by atoms with van der Waals surface area (Å²) in [6.07, 6.45) is 0.268. The number of carbonyl (C=O) groups excluding carboxylic acids is 1. The average molecular weight is 380 g/mol. The number of aliphatic carboxylic acids is 1. The number of thioether (sulfide) groups is 1. The van der Waals surface area contributed by atoms with Gasteiger partial charge in [0.05, 0.1) is 17.5 Å². The first-order chi connectivity index (χ1) is 12.0. The zero-order valence-electron chi connectivity index (χ0n) is 13.4. The maximum absolute atomic E-state index is 13.7. The van der Waals surface area contributed by atoms with Gasteiger partial charge in [0.15, 0.2) is 0 Å². The van der Waals surface area contributed by atoms with Crippen LogP contribution in [0.2, 0.25) is 0 Å². The van der Waals surface area contributed by atoms with Gasteiger partial charge < -0.3 is 10.0 Å². The molecule has 1 amide bonds. The highest BCUT2D eigenvalue weighted by Crippen LogP contribution is 2.23. The predicted molar refractivity (Wildman–Crippen MR) is 95.7 cm³/mol. The van der Waals surface area contributed by atoms with E-state index in [0.717, 1.165) is 5.75 Å². The summed E-state index contributed by atoms with van der Waals surface area (Å²) in [6.45, 7) is 0.515. The molecular weight excluding hydrogens is 363 g/mol. The predicted octanol–water partition coefficient (Wildman–Crippen LogP) is 2.91. The van der Waals surface area contributed by atoms with Gasteiger partial charge in [0.2, 0.25) is 0 Å². The fourth-order valence-corrected chi connectivity index (χ4v) is 4.59. The van der Waals surface area contributed by atoms with Gasteiger partial charge in [-0.25, -0.2) is 9.37 Å². The first kappa shape index (κ1) is 17.9. The fourth-order valence-electron chi connectivity index (χ4n) is 2.73. The second-order valence-corrected chi connectivity index (χ2v) is 7.81. The van der Waals surface area contributed by atoms with Gasteiger partial charge >= 0.3 is 5.97 Å². The molecule has 0 radical (unpaired) electrons. The standard InChI is InChI=1S/C17H17FN2O3S2/c18-13-4-2-1-3-11(13)7-15-19-14(10-25-15)17(23)20-5-6-24-9-12(20)8-16(21)22/h1-4,10,12H,5-9H2,(H,21,22). The van der Waals surface area contributed by atoms with E-state index in [-0.39, 0.29) is 24.2 Å². The molecule has 0 aliphatic carbocycles. The van der Waals surface area contributed by atoms with E-state index in [0.29, 0.717) is 35.0 Å². The van der Waals surface area contributed by atoms with Crippen molar-refractivity contribution in [1.29, 1.82) is 0 Å². The van der Waals surface area contributed by atoms with Gasteiger partial charge in [-0.15, -0.1) is 11.3 Å². The van der Waals surface area contributed by atoms with E-state index in [9.17, 15) is 14.0 Å². The van der Waals surface area contributed by atoms with Crippen LogP contribution in [0.3, 0.4) is 0 Å². The lowest BCUT2D eigenvalue weighted by atomic mass is 10.1. The Morgan fingerprint density at radius 1 is 1.36 bits per heavy atom. The highest BCUT2D eigenvalue weighted by Gasteiger charge is 2.30. The lowest BCUT2D eigenvalue weighted by Crippen LogP contribution is -2.47. The van der Waals surface area contributed by atoms with Crippen LogP contribution in [0.25, 0.3) is 0 Å². The number of nitrogens with zero attached hydrogens (tertiary/aromatic N) is 2. The highest BCUT2D eigenvalue weighted by molar-refractivity contribution is 7.99. The number of halogens is 1.